The second-order valence-electron chi connectivity index (χ2n) is 8.04. The van der Waals surface area contributed by atoms with E-state index in [4.69, 9.17) is 9.47 Å². The van der Waals surface area contributed by atoms with Crippen molar-refractivity contribution in [1.82, 2.24) is 5.32 Å². The molecule has 1 N–H and O–H groups in total. The summed E-state index contributed by atoms with van der Waals surface area (Å²) in [5, 5.41) is 1.97. The molecule has 10 heteroatoms. The number of nitrogens with zero attached hydrogens (tertiary/aromatic N) is 1. The molecule has 5 rings (SSSR count). The van der Waals surface area contributed by atoms with Crippen LogP contribution in [0, 0.1) is 0 Å². The first-order valence-corrected chi connectivity index (χ1v) is 11.6. The van der Waals surface area contributed by atoms with E-state index in [0.29, 0.717) is 16.2 Å². The van der Waals surface area contributed by atoms with Crippen LogP contribution in [-0.2, 0) is 26.6 Å². The molecule has 0 aromatic heterocycles. The van der Waals surface area contributed by atoms with E-state index in [9.17, 15) is 9.59 Å². The smallest absolute Gasteiger partial charge is 0.435 e. The lowest BCUT2D eigenvalue weighted by Gasteiger charge is -2.47. The third kappa shape index (κ3) is 3.78. The van der Waals surface area contributed by atoms with Gasteiger partial charge in [-0.25, -0.2) is 4.79 Å². The van der Waals surface area contributed by atoms with Gasteiger partial charge >= 0.3 is 12.1 Å². The molecule has 0 aliphatic carbocycles. The maximum absolute atomic E-state index is 15.0. The Morgan fingerprint density at radius 1 is 1.00 bits per heavy atom. The van der Waals surface area contributed by atoms with Crippen LogP contribution in [-0.4, -0.2) is 25.2 Å². The number of benzene rings is 3. The minimum absolute atomic E-state index is 0.135. The number of halogens is 3. The number of esters is 1. The molecule has 0 spiro atoms. The van der Waals surface area contributed by atoms with Crippen molar-refractivity contribution in [2.75, 3.05) is 12.0 Å². The van der Waals surface area contributed by atoms with Gasteiger partial charge in [0.15, 0.2) is 5.57 Å². The van der Waals surface area contributed by atoms with E-state index < -0.39 is 29.3 Å². The minimum Gasteiger partial charge on any atom is -0.497 e. The zero-order valence-corrected chi connectivity index (χ0v) is 19.7. The maximum Gasteiger partial charge on any atom is 0.435 e. The Hall–Kier alpha value is -3.92. The van der Waals surface area contributed by atoms with Crippen LogP contribution in [0.5, 0.6) is 5.75 Å². The Morgan fingerprint density at radius 2 is 1.67 bits per heavy atom. The molecule has 0 bridgehead atoms. The van der Waals surface area contributed by atoms with Crippen molar-refractivity contribution in [3.8, 4) is 5.75 Å². The number of hydrogen-bond acceptors (Lipinski definition) is 6. The van der Waals surface area contributed by atoms with E-state index in [0.717, 1.165) is 16.7 Å². The highest BCUT2D eigenvalue weighted by molar-refractivity contribution is 8.03. The van der Waals surface area contributed by atoms with Crippen LogP contribution in [0.2, 0.25) is 0 Å². The molecule has 2 aliphatic heterocycles. The van der Waals surface area contributed by atoms with E-state index in [-0.39, 0.29) is 22.9 Å². The maximum atomic E-state index is 15.0. The van der Waals surface area contributed by atoms with Crippen LogP contribution < -0.4 is 15.0 Å². The van der Waals surface area contributed by atoms with Crippen molar-refractivity contribution in [2.24, 2.45) is 0 Å². The molecule has 3 aromatic rings. The number of para-hydroxylation sites is 1. The molecular weight excluding hydrogens is 493 g/mol. The molecule has 0 fully saturated rings. The molecule has 0 unspecified atom stereocenters. The number of ether oxygens (including phenoxy) is 2. The van der Waals surface area contributed by atoms with Gasteiger partial charge in [-0.2, -0.15) is 13.2 Å². The first-order valence-electron chi connectivity index (χ1n) is 10.8. The van der Waals surface area contributed by atoms with Crippen molar-refractivity contribution in [1.29, 1.82) is 0 Å². The third-order valence-corrected chi connectivity index (χ3v) is 7.07. The summed E-state index contributed by atoms with van der Waals surface area (Å²) in [6.07, 6.45) is -4.97. The van der Waals surface area contributed by atoms with E-state index in [1.807, 2.05) is 0 Å². The Morgan fingerprint density at radius 3 is 2.33 bits per heavy atom. The van der Waals surface area contributed by atoms with Crippen LogP contribution in [0.25, 0.3) is 0 Å². The quantitative estimate of drug-likeness (QED) is 0.379. The van der Waals surface area contributed by atoms with Crippen molar-refractivity contribution in [3.05, 3.63) is 101 Å². The third-order valence-electron chi connectivity index (χ3n) is 5.92. The number of methoxy groups -OCH3 is 1. The van der Waals surface area contributed by atoms with Gasteiger partial charge in [-0.3, -0.25) is 9.69 Å². The molecule has 2 aliphatic rings. The first kappa shape index (κ1) is 23.8. The van der Waals surface area contributed by atoms with Crippen LogP contribution >= 0.6 is 11.8 Å². The Balaban J connectivity index is 1.66. The lowest BCUT2D eigenvalue weighted by atomic mass is 9.92. The molecule has 1 atom stereocenters. The summed E-state index contributed by atoms with van der Waals surface area (Å²) in [4.78, 5) is 27.8. The van der Waals surface area contributed by atoms with E-state index in [1.165, 1.54) is 37.4 Å². The molecular formula is C26H19F3N2O4S. The van der Waals surface area contributed by atoms with Crippen LogP contribution in [0.4, 0.5) is 18.9 Å². The fraction of sp³-hybridized carbons (Fsp3) is 0.154. The fourth-order valence-corrected chi connectivity index (χ4v) is 5.46. The zero-order chi connectivity index (χ0) is 25.5. The van der Waals surface area contributed by atoms with Crippen molar-refractivity contribution in [2.45, 2.75) is 23.3 Å². The van der Waals surface area contributed by atoms with Crippen molar-refractivity contribution < 1.29 is 32.2 Å². The number of amides is 1. The molecule has 0 radical (unpaired) electrons. The van der Waals surface area contributed by atoms with Crippen LogP contribution in [0.15, 0.2) is 94.4 Å². The van der Waals surface area contributed by atoms with E-state index >= 15 is 13.2 Å². The van der Waals surface area contributed by atoms with Crippen LogP contribution in [0.1, 0.15) is 11.1 Å². The average Bonchev–Trinajstić information content (AvgIpc) is 3.26. The Kier molecular flexibility index (Phi) is 5.91. The molecule has 6 nitrogen and oxygen atoms in total. The summed E-state index contributed by atoms with van der Waals surface area (Å²) in [6.45, 7) is -0.135. The summed E-state index contributed by atoms with van der Waals surface area (Å²) in [6, 6.07) is 20.5. The van der Waals surface area contributed by atoms with E-state index in [2.05, 4.69) is 5.32 Å². The largest absolute Gasteiger partial charge is 0.497 e. The highest BCUT2D eigenvalue weighted by Gasteiger charge is 2.66. The van der Waals surface area contributed by atoms with E-state index in [1.54, 1.807) is 48.5 Å². The van der Waals surface area contributed by atoms with Gasteiger partial charge in [-0.15, -0.1) is 0 Å². The number of fused-ring (bicyclic) bond motifs is 3. The van der Waals surface area contributed by atoms with Gasteiger partial charge in [0.1, 0.15) is 17.4 Å². The number of anilines is 1. The molecule has 0 saturated carbocycles. The highest BCUT2D eigenvalue weighted by Crippen LogP contribution is 2.58. The lowest BCUT2D eigenvalue weighted by molar-refractivity contribution is -0.202. The second kappa shape index (κ2) is 8.94. The van der Waals surface area contributed by atoms with Gasteiger partial charge in [-0.05, 0) is 29.8 Å². The van der Waals surface area contributed by atoms with Gasteiger partial charge in [0.2, 0.25) is 5.66 Å². The summed E-state index contributed by atoms with van der Waals surface area (Å²) >= 11 is 0.922. The van der Waals surface area contributed by atoms with Gasteiger partial charge in [-0.1, -0.05) is 66.4 Å². The van der Waals surface area contributed by atoms with Crippen molar-refractivity contribution >= 4 is 29.3 Å². The second-order valence-corrected chi connectivity index (χ2v) is 9.07. The molecule has 36 heavy (non-hydrogen) atoms. The Labute approximate surface area is 208 Å². The summed E-state index contributed by atoms with van der Waals surface area (Å²) < 4.78 is 55.5. The first-order chi connectivity index (χ1) is 17.3. The predicted molar refractivity (Wildman–Crippen MR) is 127 cm³/mol. The SMILES string of the molecule is COc1ccc([C@@]2(C(F)(F)F)NC(=O)C(C(=O)OCc3ccccc3)=C3Sc4ccccc4N32)cc1. The molecule has 3 aromatic carbocycles. The van der Waals surface area contributed by atoms with Gasteiger partial charge in [0, 0.05) is 10.5 Å². The molecule has 0 saturated heterocycles. The normalized spacial score (nSPS) is 18.9. The molecule has 1 amide bonds. The van der Waals surface area contributed by atoms with Crippen LogP contribution in [0.3, 0.4) is 0 Å². The lowest BCUT2D eigenvalue weighted by Crippen LogP contribution is -2.68. The highest BCUT2D eigenvalue weighted by atomic mass is 32.2. The fourth-order valence-electron chi connectivity index (χ4n) is 4.23. The standard InChI is InChI=1S/C26H19F3N2O4S/c1-34-18-13-11-17(12-14-18)25(26(27,28)29)30-22(32)21(24(33)35-15-16-7-3-2-4-8-16)23-31(25)19-9-5-6-10-20(19)36-23/h2-14H,15H2,1H3,(H,30,32)/t25-/m1/s1. The number of alkyl halides is 3. The number of thioether (sulfide) groups is 1. The number of carbonyl (C=O) groups excluding carboxylic acids is 2. The zero-order valence-electron chi connectivity index (χ0n) is 18.8. The number of hydrogen-bond donors (Lipinski definition) is 1. The minimum atomic E-state index is -4.97. The molecule has 184 valence electrons. The number of rotatable bonds is 5. The van der Waals surface area contributed by atoms with Gasteiger partial charge < -0.3 is 14.8 Å². The number of carbonyl (C=O) groups is 2. The summed E-state index contributed by atoms with van der Waals surface area (Å²) in [5.74, 6) is -1.83. The monoisotopic (exact) mass is 512 g/mol. The Bertz CT molecular complexity index is 1360. The van der Waals surface area contributed by atoms with Gasteiger partial charge in [0.25, 0.3) is 5.91 Å². The van der Waals surface area contributed by atoms with Crippen molar-refractivity contribution in [3.63, 3.8) is 0 Å². The van der Waals surface area contributed by atoms with Gasteiger partial charge in [0.05, 0.1) is 12.8 Å². The summed E-state index contributed by atoms with van der Waals surface area (Å²) in [7, 11) is 1.40. The average molecular weight is 513 g/mol. The predicted octanol–water partition coefficient (Wildman–Crippen LogP) is 5.11. The summed E-state index contributed by atoms with van der Waals surface area (Å²) in [5.41, 5.74) is -2.81. The molecule has 2 heterocycles. The number of nitrogens with one attached hydrogen (secondary N) is 1. The topological polar surface area (TPSA) is 67.9 Å².